The minimum Gasteiger partial charge on any atom is -0.382 e. The fourth-order valence-corrected chi connectivity index (χ4v) is 0.482. The van der Waals surface area contributed by atoms with Crippen molar-refractivity contribution in [3.8, 4) is 0 Å². The molecule has 12 heavy (non-hydrogen) atoms. The van der Waals surface area contributed by atoms with Gasteiger partial charge in [0, 0.05) is 13.2 Å². The number of hydrogen-bond acceptors (Lipinski definition) is 4. The molecule has 0 saturated carbocycles. The lowest BCUT2D eigenvalue weighted by atomic mass is 10.6. The molecular formula is C7H16NO3P. The van der Waals surface area contributed by atoms with Crippen molar-refractivity contribution in [3.05, 3.63) is 12.7 Å². The summed E-state index contributed by atoms with van der Waals surface area (Å²) in [5.74, 6) is 0. The van der Waals surface area contributed by atoms with Crippen molar-refractivity contribution in [2.75, 3.05) is 13.2 Å². The maximum absolute atomic E-state index is 9.52. The average molecular weight is 193 g/mol. The average Bonchev–Trinajstić information content (AvgIpc) is 2.07. The second-order valence-electron chi connectivity index (χ2n) is 1.66. The number of rotatable bonds is 5. The van der Waals surface area contributed by atoms with Gasteiger partial charge in [0.2, 0.25) is 0 Å². The van der Waals surface area contributed by atoms with E-state index in [0.29, 0.717) is 0 Å². The molecule has 0 aliphatic rings. The first-order valence-corrected chi connectivity index (χ1v) is 4.40. The summed E-state index contributed by atoms with van der Waals surface area (Å²) in [5.41, 5.74) is 5.04. The fourth-order valence-electron chi connectivity index (χ4n) is 0.297. The quantitative estimate of drug-likeness (QED) is 0.410. The third-order valence-corrected chi connectivity index (χ3v) is 1.13. The van der Waals surface area contributed by atoms with E-state index in [4.69, 9.17) is 10.5 Å². The first kappa shape index (κ1) is 14.3. The number of nitrogens with two attached hydrogens (primary N) is 1. The van der Waals surface area contributed by atoms with E-state index in [1.807, 2.05) is 13.8 Å². The highest BCUT2D eigenvalue weighted by molar-refractivity contribution is 7.17. The summed E-state index contributed by atoms with van der Waals surface area (Å²) < 4.78 is 18.6. The zero-order valence-electron chi connectivity index (χ0n) is 7.53. The molecule has 0 aromatic heterocycles. The molecule has 5 heteroatoms. The Balaban J connectivity index is 0. The van der Waals surface area contributed by atoms with Gasteiger partial charge in [0.1, 0.15) is 6.23 Å². The Kier molecular flexibility index (Phi) is 15.8. The van der Waals surface area contributed by atoms with Gasteiger partial charge in [-0.2, -0.15) is 0 Å². The van der Waals surface area contributed by atoms with E-state index in [9.17, 15) is 4.57 Å². The molecule has 0 radical (unpaired) electrons. The lowest BCUT2D eigenvalue weighted by Gasteiger charge is -1.94. The van der Waals surface area contributed by atoms with Gasteiger partial charge in [-0.05, 0) is 19.9 Å². The van der Waals surface area contributed by atoms with Crippen molar-refractivity contribution in [1.29, 1.82) is 0 Å². The molecule has 0 rings (SSSR count). The van der Waals surface area contributed by atoms with Crippen molar-refractivity contribution >= 4 is 8.69 Å². The zero-order valence-corrected chi connectivity index (χ0v) is 8.42. The molecule has 72 valence electrons. The van der Waals surface area contributed by atoms with Crippen LogP contribution < -0.4 is 5.73 Å². The predicted octanol–water partition coefficient (Wildman–Crippen LogP) is 1.72. The van der Waals surface area contributed by atoms with Gasteiger partial charge in [-0.15, -0.1) is 0 Å². The molecule has 2 N–H and O–H groups in total. The maximum atomic E-state index is 9.52. The molecule has 0 bridgehead atoms. The molecule has 1 unspecified atom stereocenters. The zero-order chi connectivity index (χ0) is 9.82. The number of hydrogen-bond donors (Lipinski definition) is 1. The monoisotopic (exact) mass is 193 g/mol. The summed E-state index contributed by atoms with van der Waals surface area (Å²) in [5, 5.41) is 0. The molecule has 0 amide bonds. The van der Waals surface area contributed by atoms with Crippen LogP contribution in [0.5, 0.6) is 0 Å². The van der Waals surface area contributed by atoms with Gasteiger partial charge < -0.3 is 10.5 Å². The summed E-state index contributed by atoms with van der Waals surface area (Å²) in [6, 6.07) is 0. The van der Waals surface area contributed by atoms with E-state index >= 15 is 0 Å². The minimum atomic E-state index is -0.612. The van der Waals surface area contributed by atoms with E-state index in [-0.39, 0.29) is 0 Å². The normalized spacial score (nSPS) is 11.6. The lowest BCUT2D eigenvalue weighted by Crippen LogP contribution is -2.15. The van der Waals surface area contributed by atoms with Crippen LogP contribution in [0.2, 0.25) is 0 Å². The molecule has 1 atom stereocenters. The van der Waals surface area contributed by atoms with E-state index < -0.39 is 14.9 Å². The Morgan fingerprint density at radius 3 is 2.17 bits per heavy atom. The Bertz CT molecular complexity index is 109. The van der Waals surface area contributed by atoms with E-state index in [1.165, 1.54) is 6.08 Å². The highest BCUT2D eigenvalue weighted by Gasteiger charge is 1.90. The van der Waals surface area contributed by atoms with Crippen molar-refractivity contribution in [2.24, 2.45) is 5.73 Å². The van der Waals surface area contributed by atoms with E-state index in [0.717, 1.165) is 13.2 Å². The van der Waals surface area contributed by atoms with Crippen LogP contribution in [0.4, 0.5) is 0 Å². The van der Waals surface area contributed by atoms with Gasteiger partial charge in [-0.25, -0.2) is 4.57 Å². The van der Waals surface area contributed by atoms with Crippen LogP contribution >= 0.6 is 8.69 Å². The van der Waals surface area contributed by atoms with Crippen LogP contribution in [0.3, 0.4) is 0 Å². The fraction of sp³-hybridized carbons (Fsp3) is 0.714. The summed E-state index contributed by atoms with van der Waals surface area (Å²) in [6.07, 6.45) is 0.740. The van der Waals surface area contributed by atoms with Crippen LogP contribution in [0.15, 0.2) is 12.7 Å². The molecule has 0 heterocycles. The van der Waals surface area contributed by atoms with Crippen molar-refractivity contribution in [3.63, 3.8) is 0 Å². The molecule has 0 aliphatic heterocycles. The highest BCUT2D eigenvalue weighted by atomic mass is 31.1. The Morgan fingerprint density at radius 2 is 2.08 bits per heavy atom. The molecule has 0 spiro atoms. The molecule has 0 aliphatic carbocycles. The molecular weight excluding hydrogens is 177 g/mol. The first-order chi connectivity index (χ1) is 5.72. The summed E-state index contributed by atoms with van der Waals surface area (Å²) in [7, 11) is -0.407. The third-order valence-electron chi connectivity index (χ3n) is 0.805. The van der Waals surface area contributed by atoms with Crippen molar-refractivity contribution in [2.45, 2.75) is 20.1 Å². The molecule has 4 nitrogen and oxygen atoms in total. The molecule has 0 aromatic rings. The third kappa shape index (κ3) is 16.4. The van der Waals surface area contributed by atoms with Crippen molar-refractivity contribution < 1.29 is 13.8 Å². The predicted molar refractivity (Wildman–Crippen MR) is 49.0 cm³/mol. The van der Waals surface area contributed by atoms with Gasteiger partial charge >= 0.3 is 8.69 Å². The van der Waals surface area contributed by atoms with Gasteiger partial charge in [-0.1, -0.05) is 6.58 Å². The standard InChI is InChI=1S/C4H10O.C3H6NO2P/c1-3-5-4-2;1-2-3(4)6-7-5/h3-4H2,1-2H3;2-3H,1,4H2. The SMILES string of the molecule is C=CC(N)OP=O.CCOCC. The van der Waals surface area contributed by atoms with E-state index in [2.05, 4.69) is 11.1 Å². The van der Waals surface area contributed by atoms with Gasteiger partial charge in [0.05, 0.1) is 0 Å². The largest absolute Gasteiger partial charge is 0.382 e. The van der Waals surface area contributed by atoms with Gasteiger partial charge in [-0.3, -0.25) is 4.52 Å². The number of ether oxygens (including phenoxy) is 1. The Labute approximate surface area is 75.0 Å². The maximum Gasteiger partial charge on any atom is 0.329 e. The Morgan fingerprint density at radius 1 is 1.58 bits per heavy atom. The summed E-state index contributed by atoms with van der Waals surface area (Å²) >= 11 is 0. The first-order valence-electron chi connectivity index (χ1n) is 3.67. The van der Waals surface area contributed by atoms with Crippen LogP contribution in [0.1, 0.15) is 13.8 Å². The summed E-state index contributed by atoms with van der Waals surface area (Å²) in [6.45, 7) is 8.95. The van der Waals surface area contributed by atoms with Crippen LogP contribution in [0, 0.1) is 0 Å². The smallest absolute Gasteiger partial charge is 0.329 e. The topological polar surface area (TPSA) is 61.5 Å². The van der Waals surface area contributed by atoms with Crippen molar-refractivity contribution in [1.82, 2.24) is 0 Å². The highest BCUT2D eigenvalue weighted by Crippen LogP contribution is 1.96. The van der Waals surface area contributed by atoms with Crippen LogP contribution in [-0.4, -0.2) is 19.4 Å². The van der Waals surface area contributed by atoms with Gasteiger partial charge in [0.25, 0.3) is 0 Å². The lowest BCUT2D eigenvalue weighted by molar-refractivity contribution is 0.162. The molecule has 0 saturated heterocycles. The van der Waals surface area contributed by atoms with Gasteiger partial charge in [0.15, 0.2) is 0 Å². The second kappa shape index (κ2) is 13.3. The summed E-state index contributed by atoms with van der Waals surface area (Å²) in [4.78, 5) is 0. The Hall–Kier alpha value is -0.280. The van der Waals surface area contributed by atoms with Crippen LogP contribution in [-0.2, 0) is 13.8 Å². The minimum absolute atomic E-state index is 0.407. The molecule has 0 fully saturated rings. The molecule has 0 aromatic carbocycles. The second-order valence-corrected chi connectivity index (χ2v) is 2.02. The van der Waals surface area contributed by atoms with E-state index in [1.54, 1.807) is 0 Å². The van der Waals surface area contributed by atoms with Crippen LogP contribution in [0.25, 0.3) is 0 Å².